The zero-order valence-corrected chi connectivity index (χ0v) is 15.8. The number of carbonyl (C=O) groups excluding carboxylic acids is 1. The second kappa shape index (κ2) is 7.85. The summed E-state index contributed by atoms with van der Waals surface area (Å²) in [4.78, 5) is 12.7. The van der Waals surface area contributed by atoms with Gasteiger partial charge < -0.3 is 19.5 Å². The van der Waals surface area contributed by atoms with Gasteiger partial charge in [0.15, 0.2) is 11.5 Å². The van der Waals surface area contributed by atoms with Crippen molar-refractivity contribution in [3.8, 4) is 17.2 Å². The van der Waals surface area contributed by atoms with Gasteiger partial charge in [0.05, 0.1) is 17.6 Å². The van der Waals surface area contributed by atoms with Crippen molar-refractivity contribution in [1.29, 1.82) is 0 Å². The molecule has 144 valence electrons. The van der Waals surface area contributed by atoms with Crippen LogP contribution in [0.15, 0.2) is 41.3 Å². The van der Waals surface area contributed by atoms with Gasteiger partial charge in [0.1, 0.15) is 19.0 Å². The third-order valence-corrected chi connectivity index (χ3v) is 5.40. The molecule has 2 N–H and O–H groups in total. The van der Waals surface area contributed by atoms with Gasteiger partial charge in [0.2, 0.25) is 10.0 Å². The van der Waals surface area contributed by atoms with Crippen molar-refractivity contribution in [3.63, 3.8) is 0 Å². The van der Waals surface area contributed by atoms with Crippen LogP contribution in [0.4, 0.5) is 5.69 Å². The Labute approximate surface area is 157 Å². The predicted octanol–water partition coefficient (Wildman–Crippen LogP) is 2.02. The molecule has 0 saturated carbocycles. The minimum absolute atomic E-state index is 0.0162. The summed E-state index contributed by atoms with van der Waals surface area (Å²) in [6.07, 6.45) is 0. The summed E-state index contributed by atoms with van der Waals surface area (Å²) in [5, 5.41) is 2.72. The number of rotatable bonds is 6. The number of nitrogens with one attached hydrogen (secondary N) is 2. The van der Waals surface area contributed by atoms with Crippen LogP contribution in [-0.4, -0.2) is 41.2 Å². The highest BCUT2D eigenvalue weighted by atomic mass is 32.2. The van der Waals surface area contributed by atoms with E-state index in [1.807, 2.05) is 0 Å². The van der Waals surface area contributed by atoms with Crippen molar-refractivity contribution >= 4 is 21.6 Å². The monoisotopic (exact) mass is 392 g/mol. The molecule has 8 nitrogen and oxygen atoms in total. The van der Waals surface area contributed by atoms with E-state index in [1.165, 1.54) is 25.3 Å². The van der Waals surface area contributed by atoms with E-state index in [2.05, 4.69) is 10.0 Å². The lowest BCUT2D eigenvalue weighted by molar-refractivity contribution is 0.102. The van der Waals surface area contributed by atoms with E-state index in [0.29, 0.717) is 30.4 Å². The number of methoxy groups -OCH3 is 1. The first-order chi connectivity index (χ1) is 12.9. The van der Waals surface area contributed by atoms with Crippen LogP contribution < -0.4 is 24.2 Å². The lowest BCUT2D eigenvalue weighted by atomic mass is 10.1. The number of hydrogen-bond acceptors (Lipinski definition) is 6. The van der Waals surface area contributed by atoms with Gasteiger partial charge in [-0.15, -0.1) is 0 Å². The van der Waals surface area contributed by atoms with Gasteiger partial charge in [-0.05, 0) is 30.3 Å². The maximum absolute atomic E-state index is 12.7. The van der Waals surface area contributed by atoms with E-state index in [4.69, 9.17) is 14.2 Å². The predicted molar refractivity (Wildman–Crippen MR) is 99.2 cm³/mol. The molecule has 2 aromatic rings. The Hall–Kier alpha value is -2.78. The minimum atomic E-state index is -3.70. The van der Waals surface area contributed by atoms with Gasteiger partial charge in [-0.2, -0.15) is 0 Å². The summed E-state index contributed by atoms with van der Waals surface area (Å²) >= 11 is 0. The largest absolute Gasteiger partial charge is 0.496 e. The van der Waals surface area contributed by atoms with E-state index < -0.39 is 15.9 Å². The highest BCUT2D eigenvalue weighted by Crippen LogP contribution is 2.33. The number of amides is 1. The van der Waals surface area contributed by atoms with Crippen LogP contribution in [0.2, 0.25) is 0 Å². The fourth-order valence-electron chi connectivity index (χ4n) is 2.62. The van der Waals surface area contributed by atoms with Crippen LogP contribution >= 0.6 is 0 Å². The molecule has 9 heteroatoms. The van der Waals surface area contributed by atoms with Gasteiger partial charge in [-0.25, -0.2) is 13.1 Å². The standard InChI is InChI=1S/C18H20N2O6S/c1-3-19-27(22,23)13-5-7-15(24-2)14(11-13)18(21)20-12-4-6-16-17(10-12)26-9-8-25-16/h4-7,10-11,19H,3,8-9H2,1-2H3,(H,20,21). The Morgan fingerprint density at radius 3 is 2.56 bits per heavy atom. The molecule has 1 aliphatic rings. The summed E-state index contributed by atoms with van der Waals surface area (Å²) in [5.74, 6) is 0.905. The van der Waals surface area contributed by atoms with Crippen molar-refractivity contribution < 1.29 is 27.4 Å². The van der Waals surface area contributed by atoms with E-state index in [1.54, 1.807) is 25.1 Å². The van der Waals surface area contributed by atoms with Crippen LogP contribution in [0.1, 0.15) is 17.3 Å². The van der Waals surface area contributed by atoms with Crippen molar-refractivity contribution in [2.75, 3.05) is 32.2 Å². The number of ether oxygens (including phenoxy) is 3. The lowest BCUT2D eigenvalue weighted by Gasteiger charge is -2.19. The maximum Gasteiger partial charge on any atom is 0.259 e. The van der Waals surface area contributed by atoms with E-state index >= 15 is 0 Å². The molecule has 1 amide bonds. The number of carbonyl (C=O) groups is 1. The molecule has 0 fully saturated rings. The molecule has 0 aliphatic carbocycles. The molecule has 0 aromatic heterocycles. The number of hydrogen-bond donors (Lipinski definition) is 2. The Bertz CT molecular complexity index is 958. The molecular formula is C18H20N2O6S. The van der Waals surface area contributed by atoms with Crippen LogP contribution in [0.25, 0.3) is 0 Å². The SMILES string of the molecule is CCNS(=O)(=O)c1ccc(OC)c(C(=O)Nc2ccc3c(c2)OCCO3)c1. The highest BCUT2D eigenvalue weighted by molar-refractivity contribution is 7.89. The van der Waals surface area contributed by atoms with Crippen LogP contribution in [0.5, 0.6) is 17.2 Å². The Morgan fingerprint density at radius 2 is 1.85 bits per heavy atom. The van der Waals surface area contributed by atoms with Crippen LogP contribution in [0, 0.1) is 0 Å². The second-order valence-corrected chi connectivity index (χ2v) is 7.44. The summed E-state index contributed by atoms with van der Waals surface area (Å²) < 4.78 is 43.0. The third kappa shape index (κ3) is 4.15. The Kier molecular flexibility index (Phi) is 5.52. The summed E-state index contributed by atoms with van der Waals surface area (Å²) in [5.41, 5.74) is 0.595. The summed E-state index contributed by atoms with van der Waals surface area (Å²) in [7, 11) is -2.29. The van der Waals surface area contributed by atoms with Crippen molar-refractivity contribution in [3.05, 3.63) is 42.0 Å². The molecule has 27 heavy (non-hydrogen) atoms. The minimum Gasteiger partial charge on any atom is -0.496 e. The van der Waals surface area contributed by atoms with Gasteiger partial charge in [-0.1, -0.05) is 6.92 Å². The molecule has 0 atom stereocenters. The fourth-order valence-corrected chi connectivity index (χ4v) is 3.69. The molecule has 0 spiro atoms. The van der Waals surface area contributed by atoms with Crippen LogP contribution in [-0.2, 0) is 10.0 Å². The normalized spacial score (nSPS) is 13.1. The van der Waals surface area contributed by atoms with E-state index in [9.17, 15) is 13.2 Å². The van der Waals surface area contributed by atoms with E-state index in [0.717, 1.165) is 0 Å². The molecule has 0 radical (unpaired) electrons. The first-order valence-electron chi connectivity index (χ1n) is 8.33. The van der Waals surface area contributed by atoms with Gasteiger partial charge in [0.25, 0.3) is 5.91 Å². The lowest BCUT2D eigenvalue weighted by Crippen LogP contribution is -2.24. The molecule has 0 bridgehead atoms. The highest BCUT2D eigenvalue weighted by Gasteiger charge is 2.20. The first kappa shape index (κ1) is 19.0. The maximum atomic E-state index is 12.7. The van der Waals surface area contributed by atoms with Gasteiger partial charge in [-0.3, -0.25) is 4.79 Å². The number of sulfonamides is 1. The molecule has 3 rings (SSSR count). The number of fused-ring (bicyclic) bond motifs is 1. The topological polar surface area (TPSA) is 103 Å². The third-order valence-electron chi connectivity index (χ3n) is 3.86. The Balaban J connectivity index is 1.89. The Morgan fingerprint density at radius 1 is 1.11 bits per heavy atom. The molecular weight excluding hydrogens is 372 g/mol. The molecule has 1 aliphatic heterocycles. The second-order valence-electron chi connectivity index (χ2n) is 5.68. The zero-order valence-electron chi connectivity index (χ0n) is 14.9. The first-order valence-corrected chi connectivity index (χ1v) is 9.81. The van der Waals surface area contributed by atoms with Gasteiger partial charge in [0, 0.05) is 18.3 Å². The number of anilines is 1. The van der Waals surface area contributed by atoms with Crippen molar-refractivity contribution in [2.24, 2.45) is 0 Å². The smallest absolute Gasteiger partial charge is 0.259 e. The number of benzene rings is 2. The average molecular weight is 392 g/mol. The fraction of sp³-hybridized carbons (Fsp3) is 0.278. The quantitative estimate of drug-likeness (QED) is 0.780. The molecule has 1 heterocycles. The van der Waals surface area contributed by atoms with Gasteiger partial charge >= 0.3 is 0 Å². The van der Waals surface area contributed by atoms with Crippen molar-refractivity contribution in [1.82, 2.24) is 4.72 Å². The van der Waals surface area contributed by atoms with Crippen LogP contribution in [0.3, 0.4) is 0 Å². The molecule has 2 aromatic carbocycles. The molecule has 0 unspecified atom stereocenters. The van der Waals surface area contributed by atoms with E-state index in [-0.39, 0.29) is 22.8 Å². The molecule has 0 saturated heterocycles. The summed E-state index contributed by atoms with van der Waals surface area (Å²) in [6.45, 7) is 2.83. The zero-order chi connectivity index (χ0) is 19.4. The average Bonchev–Trinajstić information content (AvgIpc) is 2.67. The summed E-state index contributed by atoms with van der Waals surface area (Å²) in [6, 6.07) is 9.15. The van der Waals surface area contributed by atoms with Crippen molar-refractivity contribution in [2.45, 2.75) is 11.8 Å².